The molecule has 2 saturated heterocycles. The number of likely N-dealkylation sites (tertiary alicyclic amines) is 2. The van der Waals surface area contributed by atoms with Crippen LogP contribution in [0.25, 0.3) is 44.4 Å². The lowest BCUT2D eigenvalue weighted by atomic mass is 9.82. The average molecular weight is 843 g/mol. The number of hydrogen-bond donors (Lipinski definition) is 4. The Labute approximate surface area is 360 Å². The highest BCUT2D eigenvalue weighted by Crippen LogP contribution is 2.53. The SMILES string of the molecule is COC(=O)NC(C)C(=O)N1CCC[C@H]1c1ncc(-c2ccc(-c3ccc(-c4ccc5nc[nH]c(=O)c5c4)c4c3CC3(CCCC3)C4)cc2)[nH]1.COC(=O)NCC(=O)N1CCCC1. The Morgan fingerprint density at radius 2 is 1.48 bits per heavy atom. The Morgan fingerprint density at radius 3 is 2.18 bits per heavy atom. The number of alkyl carbamates (subject to hydrolysis) is 2. The van der Waals surface area contributed by atoms with Gasteiger partial charge in [-0.2, -0.15) is 0 Å². The summed E-state index contributed by atoms with van der Waals surface area (Å²) in [5, 5.41) is 5.55. The summed E-state index contributed by atoms with van der Waals surface area (Å²) < 4.78 is 9.01. The van der Waals surface area contributed by atoms with E-state index in [1.807, 2.05) is 18.3 Å². The van der Waals surface area contributed by atoms with Crippen molar-refractivity contribution in [3.63, 3.8) is 0 Å². The Hall–Kier alpha value is -6.51. The summed E-state index contributed by atoms with van der Waals surface area (Å²) in [6, 6.07) is 18.3. The molecule has 2 aliphatic heterocycles. The first-order chi connectivity index (χ1) is 30.1. The van der Waals surface area contributed by atoms with Gasteiger partial charge in [0.25, 0.3) is 5.56 Å². The number of rotatable bonds is 8. The quantitative estimate of drug-likeness (QED) is 0.132. The number of benzene rings is 3. The molecular weight excluding hydrogens is 789 g/mol. The normalized spacial score (nSPS) is 18.0. The molecule has 2 aliphatic carbocycles. The maximum absolute atomic E-state index is 13.2. The fraction of sp³-hybridized carbons (Fsp3) is 0.426. The van der Waals surface area contributed by atoms with Gasteiger partial charge in [-0.1, -0.05) is 55.3 Å². The summed E-state index contributed by atoms with van der Waals surface area (Å²) in [7, 11) is 2.56. The summed E-state index contributed by atoms with van der Waals surface area (Å²) in [5.41, 5.74) is 10.4. The van der Waals surface area contributed by atoms with Crippen molar-refractivity contribution in [3.8, 4) is 33.5 Å². The van der Waals surface area contributed by atoms with Crippen LogP contribution in [-0.2, 0) is 31.9 Å². The van der Waals surface area contributed by atoms with E-state index in [4.69, 9.17) is 0 Å². The molecule has 62 heavy (non-hydrogen) atoms. The molecule has 2 aromatic heterocycles. The van der Waals surface area contributed by atoms with Crippen LogP contribution in [0.5, 0.6) is 0 Å². The third-order valence-corrected chi connectivity index (χ3v) is 13.0. The lowest BCUT2D eigenvalue weighted by Crippen LogP contribution is -2.46. The summed E-state index contributed by atoms with van der Waals surface area (Å²) in [4.78, 5) is 78.2. The highest BCUT2D eigenvalue weighted by Gasteiger charge is 2.42. The van der Waals surface area contributed by atoms with E-state index in [1.54, 1.807) is 16.7 Å². The number of aromatic nitrogens is 4. The number of nitrogens with zero attached hydrogens (tertiary/aromatic N) is 4. The topological polar surface area (TPSA) is 192 Å². The number of carbonyl (C=O) groups excluding carboxylic acids is 4. The second-order valence-electron chi connectivity index (χ2n) is 16.9. The average Bonchev–Trinajstić information content (AvgIpc) is 4.16. The maximum atomic E-state index is 13.2. The molecule has 15 nitrogen and oxygen atoms in total. The molecule has 4 amide bonds. The minimum atomic E-state index is -0.691. The Kier molecular flexibility index (Phi) is 12.4. The number of hydrogen-bond acceptors (Lipinski definition) is 9. The molecule has 4 heterocycles. The molecular formula is C47H54N8O7. The zero-order valence-corrected chi connectivity index (χ0v) is 35.6. The van der Waals surface area contributed by atoms with Gasteiger partial charge in [0, 0.05) is 19.6 Å². The van der Waals surface area contributed by atoms with Gasteiger partial charge in [-0.3, -0.25) is 14.4 Å². The number of nitrogens with one attached hydrogen (secondary N) is 4. The van der Waals surface area contributed by atoms with E-state index in [0.29, 0.717) is 22.9 Å². The summed E-state index contributed by atoms with van der Waals surface area (Å²) in [5.74, 6) is 0.555. The molecule has 15 heteroatoms. The van der Waals surface area contributed by atoms with Gasteiger partial charge in [0.2, 0.25) is 11.8 Å². The standard InChI is InChI=1S/C39H40N6O4.C8H14N2O3/c1-23(43-38(48)49-2)37(47)45-17-5-6-34(45)35-40-21-33(44-35)25-9-7-24(8-10-25)27-12-13-28(31-20-39(19-30(27)31)15-3-4-16-39)26-11-14-32-29(18-26)36(46)42-22-41-32;1-13-8(12)9-6-7(11)10-4-2-3-5-10/h7-14,18,21-23,34H,3-6,15-17,19-20H2,1-2H3,(H,40,44)(H,43,48)(H,41,42,46);2-6H2,1H3,(H,9,12)/t23?,34-;/m0./s1. The largest absolute Gasteiger partial charge is 0.453 e. The van der Waals surface area contributed by atoms with Gasteiger partial charge in [-0.15, -0.1) is 0 Å². The van der Waals surface area contributed by atoms with Crippen LogP contribution in [0, 0.1) is 5.41 Å². The van der Waals surface area contributed by atoms with Gasteiger partial charge < -0.3 is 39.9 Å². The summed E-state index contributed by atoms with van der Waals surface area (Å²) >= 11 is 0. The van der Waals surface area contributed by atoms with Crippen molar-refractivity contribution in [2.24, 2.45) is 5.41 Å². The molecule has 3 fully saturated rings. The number of amides is 4. The smallest absolute Gasteiger partial charge is 0.407 e. The third kappa shape index (κ3) is 8.79. The third-order valence-electron chi connectivity index (χ3n) is 13.0. The molecule has 1 saturated carbocycles. The molecule has 5 aromatic rings. The van der Waals surface area contributed by atoms with E-state index in [1.165, 1.54) is 74.0 Å². The zero-order chi connectivity index (χ0) is 43.4. The number of carbonyl (C=O) groups is 4. The Balaban J connectivity index is 0.000000351. The number of ether oxygens (including phenoxy) is 2. The van der Waals surface area contributed by atoms with E-state index in [-0.39, 0.29) is 30.0 Å². The predicted molar refractivity (Wildman–Crippen MR) is 234 cm³/mol. The molecule has 3 aromatic carbocycles. The monoisotopic (exact) mass is 842 g/mol. The summed E-state index contributed by atoms with van der Waals surface area (Å²) in [6.45, 7) is 3.93. The molecule has 324 valence electrons. The van der Waals surface area contributed by atoms with Crippen molar-refractivity contribution in [2.75, 3.05) is 40.4 Å². The van der Waals surface area contributed by atoms with Crippen LogP contribution in [-0.4, -0.2) is 100 Å². The highest BCUT2D eigenvalue weighted by atomic mass is 16.5. The van der Waals surface area contributed by atoms with E-state index in [0.717, 1.165) is 74.3 Å². The minimum absolute atomic E-state index is 0.0344. The van der Waals surface area contributed by atoms with Crippen molar-refractivity contribution < 1.29 is 28.7 Å². The lowest BCUT2D eigenvalue weighted by molar-refractivity contribution is -0.134. The van der Waals surface area contributed by atoms with Gasteiger partial charge in [0.05, 0.1) is 49.4 Å². The van der Waals surface area contributed by atoms with Gasteiger partial charge >= 0.3 is 12.2 Å². The van der Waals surface area contributed by atoms with E-state index < -0.39 is 18.2 Å². The second kappa shape index (κ2) is 18.2. The van der Waals surface area contributed by atoms with Crippen molar-refractivity contribution in [1.82, 2.24) is 40.4 Å². The number of H-pyrrole nitrogens is 2. The van der Waals surface area contributed by atoms with Gasteiger partial charge in [-0.25, -0.2) is 19.6 Å². The minimum Gasteiger partial charge on any atom is -0.453 e. The molecule has 4 aliphatic rings. The first-order valence-corrected chi connectivity index (χ1v) is 21.6. The lowest BCUT2D eigenvalue weighted by Gasteiger charge is -2.26. The molecule has 9 rings (SSSR count). The molecule has 2 atom stereocenters. The molecule has 1 spiro atoms. The Bertz CT molecular complexity index is 2520. The Morgan fingerprint density at radius 1 is 0.823 bits per heavy atom. The number of fused-ring (bicyclic) bond motifs is 2. The first-order valence-electron chi connectivity index (χ1n) is 21.6. The van der Waals surface area contributed by atoms with Crippen LogP contribution in [0.3, 0.4) is 0 Å². The summed E-state index contributed by atoms with van der Waals surface area (Å²) in [6.07, 6.45) is 13.1. The van der Waals surface area contributed by atoms with Crippen LogP contribution in [0.1, 0.15) is 81.3 Å². The fourth-order valence-corrected chi connectivity index (χ4v) is 9.81. The van der Waals surface area contributed by atoms with Gasteiger partial charge in [0.15, 0.2) is 0 Å². The van der Waals surface area contributed by atoms with Crippen molar-refractivity contribution in [1.29, 1.82) is 0 Å². The van der Waals surface area contributed by atoms with Crippen LogP contribution < -0.4 is 16.2 Å². The van der Waals surface area contributed by atoms with E-state index in [2.05, 4.69) is 82.5 Å². The highest BCUT2D eigenvalue weighted by molar-refractivity contribution is 5.87. The van der Waals surface area contributed by atoms with Crippen LogP contribution in [0.2, 0.25) is 0 Å². The number of imidazole rings is 1. The van der Waals surface area contributed by atoms with E-state index >= 15 is 0 Å². The van der Waals surface area contributed by atoms with Crippen LogP contribution in [0.4, 0.5) is 9.59 Å². The zero-order valence-electron chi connectivity index (χ0n) is 35.6. The van der Waals surface area contributed by atoms with Crippen LogP contribution in [0.15, 0.2) is 71.9 Å². The maximum Gasteiger partial charge on any atom is 0.407 e. The van der Waals surface area contributed by atoms with Crippen molar-refractivity contribution in [2.45, 2.75) is 83.2 Å². The number of methoxy groups -OCH3 is 2. The molecule has 1 unspecified atom stereocenters. The molecule has 0 radical (unpaired) electrons. The van der Waals surface area contributed by atoms with Gasteiger partial charge in [0.1, 0.15) is 18.4 Å². The van der Waals surface area contributed by atoms with E-state index in [9.17, 15) is 24.0 Å². The first kappa shape index (κ1) is 42.2. The van der Waals surface area contributed by atoms with Crippen molar-refractivity contribution in [3.05, 3.63) is 94.4 Å². The number of aromatic amines is 2. The fourth-order valence-electron chi connectivity index (χ4n) is 9.81. The molecule has 0 bridgehead atoms. The van der Waals surface area contributed by atoms with Crippen LogP contribution >= 0.6 is 0 Å². The van der Waals surface area contributed by atoms with Gasteiger partial charge in [-0.05, 0) is 115 Å². The second-order valence-corrected chi connectivity index (χ2v) is 16.9. The van der Waals surface area contributed by atoms with Crippen molar-refractivity contribution >= 4 is 34.9 Å². The molecule has 4 N–H and O–H groups in total. The predicted octanol–water partition coefficient (Wildman–Crippen LogP) is 6.68.